The lowest BCUT2D eigenvalue weighted by Gasteiger charge is -2.31. The molecule has 1 aliphatic heterocycles. The van der Waals surface area contributed by atoms with Crippen LogP contribution in [0.15, 0.2) is 103 Å². The normalized spacial score (nSPS) is 12.6. The van der Waals surface area contributed by atoms with Crippen LogP contribution in [-0.2, 0) is 22.6 Å². The topological polar surface area (TPSA) is 80.8 Å². The van der Waals surface area contributed by atoms with Gasteiger partial charge in [0.25, 0.3) is 5.91 Å². The van der Waals surface area contributed by atoms with Gasteiger partial charge in [-0.05, 0) is 34.9 Å². The first-order chi connectivity index (χ1) is 17.7. The summed E-state index contributed by atoms with van der Waals surface area (Å²) in [4.78, 5) is 33.3. The highest BCUT2D eigenvalue weighted by Crippen LogP contribution is 2.35. The molecule has 3 aromatic carbocycles. The van der Waals surface area contributed by atoms with Crippen LogP contribution in [0.2, 0.25) is 0 Å². The zero-order valence-electron chi connectivity index (χ0n) is 19.5. The molecule has 1 aromatic heterocycles. The lowest BCUT2D eigenvalue weighted by Crippen LogP contribution is -2.41. The zero-order valence-corrected chi connectivity index (χ0v) is 19.5. The highest BCUT2D eigenvalue weighted by molar-refractivity contribution is 5.98. The quantitative estimate of drug-likeness (QED) is 0.394. The minimum absolute atomic E-state index is 0.145. The van der Waals surface area contributed by atoms with E-state index in [9.17, 15) is 9.59 Å². The fraction of sp³-hybridized carbons (Fsp3) is 0.138. The fourth-order valence-corrected chi connectivity index (χ4v) is 4.18. The Morgan fingerprint density at radius 2 is 1.58 bits per heavy atom. The van der Waals surface area contributed by atoms with E-state index in [0.29, 0.717) is 22.7 Å². The Kier molecular flexibility index (Phi) is 6.89. The first-order valence-electron chi connectivity index (χ1n) is 11.6. The van der Waals surface area contributed by atoms with Gasteiger partial charge >= 0.3 is 0 Å². The Bertz CT molecular complexity index is 1330. The molecule has 0 radical (unpaired) electrons. The number of pyridine rings is 1. The largest absolute Gasteiger partial charge is 0.454 e. The number of hydrogen-bond acceptors (Lipinski definition) is 5. The predicted octanol–water partition coefficient (Wildman–Crippen LogP) is 4.76. The van der Waals surface area contributed by atoms with Crippen molar-refractivity contribution >= 4 is 17.5 Å². The van der Waals surface area contributed by atoms with Crippen LogP contribution >= 0.6 is 0 Å². The smallest absolute Gasteiger partial charge is 0.251 e. The molecule has 4 aromatic rings. The van der Waals surface area contributed by atoms with E-state index >= 15 is 0 Å². The molecular formula is C29H25N3O4. The van der Waals surface area contributed by atoms with Crippen molar-refractivity contribution in [1.82, 2.24) is 9.88 Å². The Morgan fingerprint density at radius 3 is 2.33 bits per heavy atom. The summed E-state index contributed by atoms with van der Waals surface area (Å²) in [6.45, 7) is 0.375. The number of aromatic nitrogens is 1. The maximum atomic E-state index is 13.8. The van der Waals surface area contributed by atoms with Gasteiger partial charge in [-0.15, -0.1) is 0 Å². The van der Waals surface area contributed by atoms with Crippen LogP contribution in [0.25, 0.3) is 0 Å². The van der Waals surface area contributed by atoms with Crippen LogP contribution in [0.3, 0.4) is 0 Å². The maximum Gasteiger partial charge on any atom is 0.251 e. The van der Waals surface area contributed by atoms with Crippen LogP contribution < -0.4 is 14.8 Å². The van der Waals surface area contributed by atoms with E-state index in [0.717, 1.165) is 11.1 Å². The number of ether oxygens (including phenoxy) is 2. The van der Waals surface area contributed by atoms with Crippen molar-refractivity contribution in [2.24, 2.45) is 0 Å². The fourth-order valence-electron chi connectivity index (χ4n) is 4.18. The molecule has 0 aliphatic carbocycles. The van der Waals surface area contributed by atoms with Crippen LogP contribution in [0.5, 0.6) is 11.5 Å². The molecule has 2 heterocycles. The Morgan fingerprint density at radius 1 is 0.861 bits per heavy atom. The highest BCUT2D eigenvalue weighted by Gasteiger charge is 2.32. The molecule has 7 nitrogen and oxygen atoms in total. The van der Waals surface area contributed by atoms with E-state index in [1.54, 1.807) is 35.5 Å². The number of benzene rings is 3. The molecule has 2 amide bonds. The second kappa shape index (κ2) is 10.7. The van der Waals surface area contributed by atoms with Gasteiger partial charge in [-0.2, -0.15) is 0 Å². The minimum atomic E-state index is -0.868. The summed E-state index contributed by atoms with van der Waals surface area (Å²) < 4.78 is 10.8. The van der Waals surface area contributed by atoms with E-state index in [1.165, 1.54) is 0 Å². The van der Waals surface area contributed by atoms with Crippen molar-refractivity contribution in [2.45, 2.75) is 19.0 Å². The van der Waals surface area contributed by atoms with Crippen molar-refractivity contribution in [3.05, 3.63) is 120 Å². The lowest BCUT2D eigenvalue weighted by molar-refractivity contribution is -0.139. The molecule has 0 bridgehead atoms. The van der Waals surface area contributed by atoms with Gasteiger partial charge in [0.1, 0.15) is 6.04 Å². The van der Waals surface area contributed by atoms with Gasteiger partial charge in [-0.25, -0.2) is 0 Å². The number of amides is 2. The second-order valence-corrected chi connectivity index (χ2v) is 8.42. The number of fused-ring (bicyclic) bond motifs is 1. The van der Waals surface area contributed by atoms with E-state index in [2.05, 4.69) is 10.3 Å². The van der Waals surface area contributed by atoms with Crippen molar-refractivity contribution in [3.8, 4) is 11.5 Å². The van der Waals surface area contributed by atoms with Crippen molar-refractivity contribution < 1.29 is 19.1 Å². The summed E-state index contributed by atoms with van der Waals surface area (Å²) in [5.74, 6) is 0.699. The average Bonchev–Trinajstić information content (AvgIpc) is 3.38. The Hall–Kier alpha value is -4.65. The summed E-state index contributed by atoms with van der Waals surface area (Å²) in [6, 6.07) is 26.9. The summed E-state index contributed by atoms with van der Waals surface area (Å²) in [5.41, 5.74) is 2.97. The summed E-state index contributed by atoms with van der Waals surface area (Å²) in [6.07, 6.45) is 3.56. The lowest BCUT2D eigenvalue weighted by atomic mass is 10.0. The van der Waals surface area contributed by atoms with Crippen molar-refractivity contribution in [3.63, 3.8) is 0 Å². The van der Waals surface area contributed by atoms with Gasteiger partial charge in [-0.3, -0.25) is 14.6 Å². The molecule has 180 valence electrons. The van der Waals surface area contributed by atoms with Crippen molar-refractivity contribution in [2.75, 3.05) is 12.1 Å². The van der Waals surface area contributed by atoms with E-state index in [1.807, 2.05) is 72.8 Å². The number of carbonyl (C=O) groups excluding carboxylic acids is 2. The zero-order chi connectivity index (χ0) is 24.7. The third-order valence-corrected chi connectivity index (χ3v) is 5.91. The number of hydrogen-bond donors (Lipinski definition) is 1. The first kappa shape index (κ1) is 23.1. The monoisotopic (exact) mass is 479 g/mol. The summed E-state index contributed by atoms with van der Waals surface area (Å²) in [7, 11) is 0. The third kappa shape index (κ3) is 5.36. The highest BCUT2D eigenvalue weighted by atomic mass is 16.7. The maximum absolute atomic E-state index is 13.8. The van der Waals surface area contributed by atoms with E-state index in [-0.39, 0.29) is 31.6 Å². The molecule has 1 atom stereocenters. The molecular weight excluding hydrogens is 454 g/mol. The Balaban J connectivity index is 1.49. The molecule has 0 saturated carbocycles. The summed E-state index contributed by atoms with van der Waals surface area (Å²) in [5, 5.41) is 2.97. The number of carbonyl (C=O) groups is 2. The number of nitrogens with one attached hydrogen (secondary N) is 1. The van der Waals surface area contributed by atoms with Crippen LogP contribution in [-0.4, -0.2) is 28.5 Å². The van der Waals surface area contributed by atoms with Gasteiger partial charge < -0.3 is 19.7 Å². The molecule has 1 N–H and O–H groups in total. The Labute approximate surface area is 209 Å². The van der Waals surface area contributed by atoms with Gasteiger partial charge in [0.05, 0.1) is 6.42 Å². The van der Waals surface area contributed by atoms with E-state index in [4.69, 9.17) is 9.47 Å². The molecule has 0 spiro atoms. The molecule has 36 heavy (non-hydrogen) atoms. The summed E-state index contributed by atoms with van der Waals surface area (Å²) >= 11 is 0. The van der Waals surface area contributed by atoms with Gasteiger partial charge in [0, 0.05) is 30.7 Å². The standard InChI is InChI=1S/C29H25N3O4/c33-27(16-21-8-3-1-4-9-21)32(19-22-10-7-15-30-18-22)28(23-11-5-2-6-12-23)29(34)31-24-13-14-25-26(17-24)36-20-35-25/h1-15,17-18,28H,16,19-20H2,(H,31,34). The minimum Gasteiger partial charge on any atom is -0.454 e. The number of anilines is 1. The third-order valence-electron chi connectivity index (χ3n) is 5.91. The second-order valence-electron chi connectivity index (χ2n) is 8.42. The van der Waals surface area contributed by atoms with Gasteiger partial charge in [0.2, 0.25) is 12.7 Å². The molecule has 1 aliphatic rings. The molecule has 5 rings (SSSR count). The van der Waals surface area contributed by atoms with Gasteiger partial charge in [0.15, 0.2) is 11.5 Å². The first-order valence-corrected chi connectivity index (χ1v) is 11.6. The van der Waals surface area contributed by atoms with Gasteiger partial charge in [-0.1, -0.05) is 66.7 Å². The number of nitrogens with zero attached hydrogens (tertiary/aromatic N) is 2. The SMILES string of the molecule is O=C(Nc1ccc2c(c1)OCO2)C(c1ccccc1)N(Cc1cccnc1)C(=O)Cc1ccccc1. The van der Waals surface area contributed by atoms with E-state index < -0.39 is 6.04 Å². The number of rotatable bonds is 8. The molecule has 0 fully saturated rings. The average molecular weight is 480 g/mol. The predicted molar refractivity (Wildman–Crippen MR) is 135 cm³/mol. The van der Waals surface area contributed by atoms with Crippen LogP contribution in [0, 0.1) is 0 Å². The molecule has 1 unspecified atom stereocenters. The van der Waals surface area contributed by atoms with Crippen molar-refractivity contribution in [1.29, 1.82) is 0 Å². The molecule has 7 heteroatoms. The molecule has 0 saturated heterocycles. The van der Waals surface area contributed by atoms with Crippen LogP contribution in [0.4, 0.5) is 5.69 Å². The van der Waals surface area contributed by atoms with Crippen LogP contribution in [0.1, 0.15) is 22.7 Å².